The van der Waals surface area contributed by atoms with E-state index in [1.807, 2.05) is 18.2 Å². The maximum absolute atomic E-state index is 5.44. The summed E-state index contributed by atoms with van der Waals surface area (Å²) >= 11 is 7.06. The van der Waals surface area contributed by atoms with Gasteiger partial charge in [-0.15, -0.1) is 0 Å². The molecule has 0 saturated heterocycles. The third-order valence-corrected chi connectivity index (χ3v) is 3.37. The van der Waals surface area contributed by atoms with Crippen LogP contribution >= 0.6 is 31.9 Å². The van der Waals surface area contributed by atoms with Crippen molar-refractivity contribution in [3.63, 3.8) is 0 Å². The lowest BCUT2D eigenvalue weighted by Gasteiger charge is -2.08. The van der Waals surface area contributed by atoms with Gasteiger partial charge in [0.15, 0.2) is 0 Å². The molecule has 0 fully saturated rings. The van der Waals surface area contributed by atoms with E-state index < -0.39 is 0 Å². The minimum absolute atomic E-state index is 0.909. The van der Waals surface area contributed by atoms with Crippen LogP contribution in [0.4, 0.5) is 0 Å². The SMILES string of the molecule is CCc1cc(Br)cc(Br)c1-c1ccco1. The fourth-order valence-electron chi connectivity index (χ4n) is 1.60. The summed E-state index contributed by atoms with van der Waals surface area (Å²) in [5, 5.41) is 0. The molecule has 1 heterocycles. The normalized spacial score (nSPS) is 10.6. The highest BCUT2D eigenvalue weighted by Crippen LogP contribution is 2.35. The summed E-state index contributed by atoms with van der Waals surface area (Å²) in [7, 11) is 0. The van der Waals surface area contributed by atoms with E-state index in [0.717, 1.165) is 26.7 Å². The Balaban J connectivity index is 2.64. The number of hydrogen-bond donors (Lipinski definition) is 0. The molecule has 2 rings (SSSR count). The van der Waals surface area contributed by atoms with Gasteiger partial charge in [0.25, 0.3) is 0 Å². The highest BCUT2D eigenvalue weighted by atomic mass is 79.9. The average Bonchev–Trinajstić information content (AvgIpc) is 2.69. The minimum atomic E-state index is 0.909. The van der Waals surface area contributed by atoms with Gasteiger partial charge in [0.1, 0.15) is 5.76 Å². The van der Waals surface area contributed by atoms with E-state index in [2.05, 4.69) is 44.8 Å². The summed E-state index contributed by atoms with van der Waals surface area (Å²) in [5.74, 6) is 0.909. The number of hydrogen-bond acceptors (Lipinski definition) is 1. The van der Waals surface area contributed by atoms with Crippen LogP contribution in [-0.2, 0) is 6.42 Å². The second-order valence-corrected chi connectivity index (χ2v) is 5.02. The molecule has 0 N–H and O–H groups in total. The number of aryl methyl sites for hydroxylation is 1. The summed E-state index contributed by atoms with van der Waals surface area (Å²) in [6, 6.07) is 8.05. The van der Waals surface area contributed by atoms with Crippen molar-refractivity contribution in [2.75, 3.05) is 0 Å². The van der Waals surface area contributed by atoms with Crippen molar-refractivity contribution < 1.29 is 4.42 Å². The molecular formula is C12H10Br2O. The van der Waals surface area contributed by atoms with Crippen LogP contribution < -0.4 is 0 Å². The first kappa shape index (κ1) is 11.0. The predicted octanol–water partition coefficient (Wildman–Crippen LogP) is 5.03. The summed E-state index contributed by atoms with van der Waals surface area (Å²) in [6.45, 7) is 2.14. The van der Waals surface area contributed by atoms with Gasteiger partial charge in [-0.3, -0.25) is 0 Å². The van der Waals surface area contributed by atoms with Crippen molar-refractivity contribution in [3.8, 4) is 11.3 Å². The molecule has 0 bridgehead atoms. The molecule has 1 aromatic carbocycles. The van der Waals surface area contributed by atoms with Gasteiger partial charge < -0.3 is 4.42 Å². The van der Waals surface area contributed by atoms with E-state index in [1.54, 1.807) is 6.26 Å². The van der Waals surface area contributed by atoms with Crippen molar-refractivity contribution >= 4 is 31.9 Å². The molecule has 0 amide bonds. The van der Waals surface area contributed by atoms with Gasteiger partial charge in [-0.25, -0.2) is 0 Å². The van der Waals surface area contributed by atoms with E-state index >= 15 is 0 Å². The zero-order valence-corrected chi connectivity index (χ0v) is 11.4. The minimum Gasteiger partial charge on any atom is -0.464 e. The third kappa shape index (κ3) is 2.18. The number of halogens is 2. The van der Waals surface area contributed by atoms with Crippen molar-refractivity contribution in [2.24, 2.45) is 0 Å². The Morgan fingerprint density at radius 2 is 2.07 bits per heavy atom. The molecule has 0 unspecified atom stereocenters. The molecule has 3 heteroatoms. The zero-order chi connectivity index (χ0) is 10.8. The molecule has 0 saturated carbocycles. The lowest BCUT2D eigenvalue weighted by atomic mass is 10.0. The van der Waals surface area contributed by atoms with E-state index in [1.165, 1.54) is 5.56 Å². The molecular weight excluding hydrogens is 320 g/mol. The fraction of sp³-hybridized carbons (Fsp3) is 0.167. The first-order valence-corrected chi connectivity index (χ1v) is 6.32. The van der Waals surface area contributed by atoms with E-state index in [4.69, 9.17) is 4.42 Å². The Morgan fingerprint density at radius 3 is 2.67 bits per heavy atom. The summed E-state index contributed by atoms with van der Waals surface area (Å²) < 4.78 is 7.58. The standard InChI is InChI=1S/C12H10Br2O/c1-2-8-6-9(13)7-10(14)12(8)11-4-3-5-15-11/h3-7H,2H2,1H3. The Labute approximate surface area is 106 Å². The molecule has 0 aliphatic rings. The van der Waals surface area contributed by atoms with Crippen LogP contribution in [0.25, 0.3) is 11.3 Å². The van der Waals surface area contributed by atoms with Gasteiger partial charge in [-0.05, 0) is 52.2 Å². The second kappa shape index (κ2) is 4.54. The van der Waals surface area contributed by atoms with Crippen molar-refractivity contribution in [3.05, 3.63) is 45.0 Å². The highest BCUT2D eigenvalue weighted by Gasteiger charge is 2.11. The molecule has 2 aromatic rings. The van der Waals surface area contributed by atoms with E-state index in [9.17, 15) is 0 Å². The van der Waals surface area contributed by atoms with Crippen LogP contribution in [0.15, 0.2) is 43.9 Å². The lowest BCUT2D eigenvalue weighted by Crippen LogP contribution is -1.88. The Morgan fingerprint density at radius 1 is 1.27 bits per heavy atom. The van der Waals surface area contributed by atoms with Crippen LogP contribution in [0.3, 0.4) is 0 Å². The van der Waals surface area contributed by atoms with Crippen molar-refractivity contribution in [1.29, 1.82) is 0 Å². The molecule has 0 atom stereocenters. The number of furan rings is 1. The largest absolute Gasteiger partial charge is 0.464 e. The molecule has 0 spiro atoms. The number of rotatable bonds is 2. The fourth-order valence-corrected chi connectivity index (χ4v) is 3.11. The van der Waals surface area contributed by atoms with Gasteiger partial charge in [0, 0.05) is 14.5 Å². The first-order chi connectivity index (χ1) is 7.22. The quantitative estimate of drug-likeness (QED) is 0.752. The summed E-state index contributed by atoms with van der Waals surface area (Å²) in [6.07, 6.45) is 2.68. The topological polar surface area (TPSA) is 13.1 Å². The molecule has 1 nitrogen and oxygen atoms in total. The monoisotopic (exact) mass is 328 g/mol. The van der Waals surface area contributed by atoms with Crippen LogP contribution in [0, 0.1) is 0 Å². The molecule has 1 aromatic heterocycles. The average molecular weight is 330 g/mol. The maximum Gasteiger partial charge on any atom is 0.135 e. The van der Waals surface area contributed by atoms with Crippen LogP contribution in [0.1, 0.15) is 12.5 Å². The van der Waals surface area contributed by atoms with Gasteiger partial charge in [0.05, 0.1) is 6.26 Å². The number of benzene rings is 1. The van der Waals surface area contributed by atoms with Gasteiger partial charge in [-0.2, -0.15) is 0 Å². The summed E-state index contributed by atoms with van der Waals surface area (Å²) in [4.78, 5) is 0. The van der Waals surface area contributed by atoms with Crippen molar-refractivity contribution in [2.45, 2.75) is 13.3 Å². The molecule has 15 heavy (non-hydrogen) atoms. The van der Waals surface area contributed by atoms with Crippen LogP contribution in [-0.4, -0.2) is 0 Å². The van der Waals surface area contributed by atoms with E-state index in [0.29, 0.717) is 0 Å². The molecule has 0 radical (unpaired) electrons. The Kier molecular flexibility index (Phi) is 3.32. The molecule has 78 valence electrons. The smallest absolute Gasteiger partial charge is 0.135 e. The molecule has 0 aliphatic carbocycles. The van der Waals surface area contributed by atoms with Crippen molar-refractivity contribution in [1.82, 2.24) is 0 Å². The first-order valence-electron chi connectivity index (χ1n) is 4.74. The van der Waals surface area contributed by atoms with Gasteiger partial charge >= 0.3 is 0 Å². The highest BCUT2D eigenvalue weighted by molar-refractivity contribution is 9.11. The Hall–Kier alpha value is -0.540. The second-order valence-electron chi connectivity index (χ2n) is 3.25. The maximum atomic E-state index is 5.44. The van der Waals surface area contributed by atoms with Gasteiger partial charge in [-0.1, -0.05) is 22.9 Å². The van der Waals surface area contributed by atoms with Crippen LogP contribution in [0.5, 0.6) is 0 Å². The molecule has 0 aliphatic heterocycles. The Bertz CT molecular complexity index is 461. The lowest BCUT2D eigenvalue weighted by molar-refractivity contribution is 0.581. The van der Waals surface area contributed by atoms with E-state index in [-0.39, 0.29) is 0 Å². The third-order valence-electron chi connectivity index (χ3n) is 2.29. The van der Waals surface area contributed by atoms with Crippen LogP contribution in [0.2, 0.25) is 0 Å². The zero-order valence-electron chi connectivity index (χ0n) is 8.26. The van der Waals surface area contributed by atoms with Gasteiger partial charge in [0.2, 0.25) is 0 Å². The summed E-state index contributed by atoms with van der Waals surface area (Å²) in [5.41, 5.74) is 2.41. The predicted molar refractivity (Wildman–Crippen MR) is 68.9 cm³/mol.